The molecule has 0 aromatic carbocycles. The highest BCUT2D eigenvalue weighted by Crippen LogP contribution is 2.19. The van der Waals surface area contributed by atoms with Crippen molar-refractivity contribution >= 4 is 11.9 Å². The van der Waals surface area contributed by atoms with Gasteiger partial charge in [0.25, 0.3) is 0 Å². The van der Waals surface area contributed by atoms with E-state index in [0.717, 1.165) is 5.57 Å². The third kappa shape index (κ3) is 4.04. The molecule has 1 atom stereocenters. The van der Waals surface area contributed by atoms with Crippen LogP contribution in [0.5, 0.6) is 0 Å². The van der Waals surface area contributed by atoms with Crippen LogP contribution in [0.2, 0.25) is 0 Å². The minimum absolute atomic E-state index is 0.121. The smallest absolute Gasteiger partial charge is 0.408 e. The molecular weight excluding hydrogens is 206 g/mol. The summed E-state index contributed by atoms with van der Waals surface area (Å²) in [5.74, 6) is -0.121. The van der Waals surface area contributed by atoms with Gasteiger partial charge in [-0.25, -0.2) is 4.79 Å². The second kappa shape index (κ2) is 5.14. The Morgan fingerprint density at radius 2 is 1.81 bits per heavy atom. The van der Waals surface area contributed by atoms with Gasteiger partial charge < -0.3 is 5.11 Å². The molecule has 0 aromatic heterocycles. The van der Waals surface area contributed by atoms with E-state index in [2.05, 4.69) is 6.58 Å². The maximum absolute atomic E-state index is 11.8. The summed E-state index contributed by atoms with van der Waals surface area (Å²) in [5, 5.41) is 9.11. The van der Waals surface area contributed by atoms with Gasteiger partial charge in [-0.3, -0.25) is 9.69 Å². The van der Waals surface area contributed by atoms with E-state index in [1.165, 1.54) is 4.90 Å². The van der Waals surface area contributed by atoms with Gasteiger partial charge in [-0.15, -0.1) is 0 Å². The first-order valence-corrected chi connectivity index (χ1v) is 5.26. The number of ketones is 1. The Bertz CT molecular complexity index is 302. The number of nitrogens with zero attached hydrogens (tertiary/aromatic N) is 1. The number of rotatable bonds is 4. The van der Waals surface area contributed by atoms with Crippen LogP contribution in [0.1, 0.15) is 41.0 Å². The monoisotopic (exact) mass is 227 g/mol. The summed E-state index contributed by atoms with van der Waals surface area (Å²) in [5.41, 5.74) is 0.159. The molecule has 0 saturated heterocycles. The SMILES string of the molecule is C=C(C)CC(=O)C(C)N(C(=O)O)C(C)(C)C. The number of hydrogen-bond donors (Lipinski definition) is 1. The molecule has 0 fully saturated rings. The molecule has 0 aliphatic carbocycles. The summed E-state index contributed by atoms with van der Waals surface area (Å²) in [4.78, 5) is 24.1. The molecule has 0 heterocycles. The van der Waals surface area contributed by atoms with Crippen LogP contribution in [0.15, 0.2) is 12.2 Å². The van der Waals surface area contributed by atoms with Crippen molar-refractivity contribution in [2.75, 3.05) is 0 Å². The summed E-state index contributed by atoms with van der Waals surface area (Å²) in [6, 6.07) is -0.644. The number of carbonyl (C=O) groups excluding carboxylic acids is 1. The van der Waals surface area contributed by atoms with Gasteiger partial charge in [0.2, 0.25) is 0 Å². The molecule has 1 amide bonds. The lowest BCUT2D eigenvalue weighted by molar-refractivity contribution is -0.124. The molecule has 0 aromatic rings. The van der Waals surface area contributed by atoms with Crippen LogP contribution in [-0.4, -0.2) is 33.5 Å². The van der Waals surface area contributed by atoms with E-state index in [-0.39, 0.29) is 12.2 Å². The minimum atomic E-state index is -1.07. The lowest BCUT2D eigenvalue weighted by Gasteiger charge is -2.37. The maximum atomic E-state index is 11.8. The van der Waals surface area contributed by atoms with E-state index < -0.39 is 17.7 Å². The second-order valence-corrected chi connectivity index (χ2v) is 5.10. The molecule has 16 heavy (non-hydrogen) atoms. The number of hydrogen-bond acceptors (Lipinski definition) is 2. The normalized spacial score (nSPS) is 13.1. The van der Waals surface area contributed by atoms with Crippen LogP contribution in [0, 0.1) is 0 Å². The molecule has 0 aliphatic rings. The van der Waals surface area contributed by atoms with Crippen LogP contribution in [0.4, 0.5) is 4.79 Å². The minimum Gasteiger partial charge on any atom is -0.465 e. The maximum Gasteiger partial charge on any atom is 0.408 e. The first-order valence-electron chi connectivity index (χ1n) is 5.26. The van der Waals surface area contributed by atoms with Crippen LogP contribution in [0.25, 0.3) is 0 Å². The average Bonchev–Trinajstić information content (AvgIpc) is 1.98. The Kier molecular flexibility index (Phi) is 4.72. The third-order valence-corrected chi connectivity index (χ3v) is 2.26. The number of amides is 1. The average molecular weight is 227 g/mol. The molecule has 0 spiro atoms. The predicted octanol–water partition coefficient (Wildman–Crippen LogP) is 2.69. The summed E-state index contributed by atoms with van der Waals surface area (Å²) in [7, 11) is 0. The number of allylic oxidation sites excluding steroid dienone is 1. The number of Topliss-reactive ketones (excluding diaryl/α,β-unsaturated/α-hetero) is 1. The Balaban J connectivity index is 4.89. The van der Waals surface area contributed by atoms with Crippen molar-refractivity contribution in [2.24, 2.45) is 0 Å². The zero-order valence-corrected chi connectivity index (χ0v) is 10.7. The quantitative estimate of drug-likeness (QED) is 0.751. The van der Waals surface area contributed by atoms with Gasteiger partial charge in [0.15, 0.2) is 5.78 Å². The zero-order valence-electron chi connectivity index (χ0n) is 10.7. The van der Waals surface area contributed by atoms with Gasteiger partial charge in [0, 0.05) is 12.0 Å². The van der Waals surface area contributed by atoms with Crippen molar-refractivity contribution in [3.8, 4) is 0 Å². The molecule has 0 bridgehead atoms. The first-order chi connectivity index (χ1) is 7.07. The molecule has 0 rings (SSSR count). The Morgan fingerprint density at radius 3 is 2.06 bits per heavy atom. The lowest BCUT2D eigenvalue weighted by atomic mass is 9.99. The van der Waals surface area contributed by atoms with Crippen molar-refractivity contribution in [3.05, 3.63) is 12.2 Å². The van der Waals surface area contributed by atoms with Gasteiger partial charge in [-0.1, -0.05) is 12.2 Å². The lowest BCUT2D eigenvalue weighted by Crippen LogP contribution is -2.52. The van der Waals surface area contributed by atoms with Crippen molar-refractivity contribution in [3.63, 3.8) is 0 Å². The summed E-state index contributed by atoms with van der Waals surface area (Å²) < 4.78 is 0. The van der Waals surface area contributed by atoms with Gasteiger partial charge in [-0.05, 0) is 34.6 Å². The fraction of sp³-hybridized carbons (Fsp3) is 0.667. The summed E-state index contributed by atoms with van der Waals surface area (Å²) >= 11 is 0. The molecular formula is C12H21NO3. The van der Waals surface area contributed by atoms with Gasteiger partial charge in [-0.2, -0.15) is 0 Å². The van der Waals surface area contributed by atoms with E-state index in [1.54, 1.807) is 34.6 Å². The highest BCUT2D eigenvalue weighted by Gasteiger charge is 2.33. The fourth-order valence-electron chi connectivity index (χ4n) is 1.62. The predicted molar refractivity (Wildman–Crippen MR) is 63.5 cm³/mol. The Morgan fingerprint density at radius 1 is 1.38 bits per heavy atom. The molecule has 1 unspecified atom stereocenters. The second-order valence-electron chi connectivity index (χ2n) is 5.10. The summed E-state index contributed by atoms with van der Waals surface area (Å²) in [6.45, 7) is 12.3. The fourth-order valence-corrected chi connectivity index (χ4v) is 1.62. The molecule has 4 heteroatoms. The van der Waals surface area contributed by atoms with E-state index in [4.69, 9.17) is 5.11 Å². The molecule has 0 saturated carbocycles. The van der Waals surface area contributed by atoms with Gasteiger partial charge in [0.05, 0.1) is 6.04 Å². The Hall–Kier alpha value is -1.32. The van der Waals surface area contributed by atoms with Crippen molar-refractivity contribution in [1.82, 2.24) is 4.90 Å². The van der Waals surface area contributed by atoms with E-state index in [9.17, 15) is 9.59 Å². The zero-order chi connectivity index (χ0) is 13.1. The highest BCUT2D eigenvalue weighted by molar-refractivity contribution is 5.88. The molecule has 92 valence electrons. The van der Waals surface area contributed by atoms with E-state index in [1.807, 2.05) is 0 Å². The third-order valence-electron chi connectivity index (χ3n) is 2.26. The topological polar surface area (TPSA) is 57.6 Å². The van der Waals surface area contributed by atoms with E-state index >= 15 is 0 Å². The van der Waals surface area contributed by atoms with Crippen molar-refractivity contribution < 1.29 is 14.7 Å². The first kappa shape index (κ1) is 14.7. The number of carboxylic acid groups (broad SMARTS) is 1. The standard InChI is InChI=1S/C12H21NO3/c1-8(2)7-10(14)9(3)13(11(15)16)12(4,5)6/h9H,1,7H2,2-6H3,(H,15,16). The number of carbonyl (C=O) groups is 2. The van der Waals surface area contributed by atoms with Crippen LogP contribution >= 0.6 is 0 Å². The summed E-state index contributed by atoms with van der Waals surface area (Å²) in [6.07, 6.45) is -0.851. The molecule has 0 radical (unpaired) electrons. The highest BCUT2D eigenvalue weighted by atomic mass is 16.4. The van der Waals surface area contributed by atoms with Gasteiger partial charge in [0.1, 0.15) is 0 Å². The van der Waals surface area contributed by atoms with Crippen LogP contribution in [0.3, 0.4) is 0 Å². The van der Waals surface area contributed by atoms with Gasteiger partial charge >= 0.3 is 6.09 Å². The largest absolute Gasteiger partial charge is 0.465 e. The molecule has 1 N–H and O–H groups in total. The Labute approximate surface area is 96.9 Å². The van der Waals surface area contributed by atoms with E-state index in [0.29, 0.717) is 0 Å². The van der Waals surface area contributed by atoms with Crippen molar-refractivity contribution in [1.29, 1.82) is 0 Å². The van der Waals surface area contributed by atoms with Crippen LogP contribution < -0.4 is 0 Å². The van der Waals surface area contributed by atoms with Crippen LogP contribution in [-0.2, 0) is 4.79 Å². The van der Waals surface area contributed by atoms with Crippen molar-refractivity contribution in [2.45, 2.75) is 52.6 Å². The molecule has 0 aliphatic heterocycles. The molecule has 4 nitrogen and oxygen atoms in total.